The molecule has 3 aromatic carbocycles. The number of benzene rings is 3. The number of esters is 1. The highest BCUT2D eigenvalue weighted by atomic mass is 19.1. The number of ether oxygens (including phenoxy) is 1. The zero-order valence-corrected chi connectivity index (χ0v) is 15.6. The lowest BCUT2D eigenvalue weighted by molar-refractivity contribution is 0.0460. The molecule has 146 valence electrons. The van der Waals surface area contributed by atoms with Crippen molar-refractivity contribution >= 4 is 5.97 Å². The minimum Gasteiger partial charge on any atom is -0.454 e. The van der Waals surface area contributed by atoms with Crippen LogP contribution in [0.15, 0.2) is 77.3 Å². The van der Waals surface area contributed by atoms with Crippen LogP contribution in [-0.2, 0) is 11.3 Å². The first-order valence-corrected chi connectivity index (χ1v) is 9.00. The van der Waals surface area contributed by atoms with Crippen LogP contribution in [0.1, 0.15) is 21.7 Å². The molecule has 0 saturated carbocycles. The second-order valence-electron chi connectivity index (χ2n) is 6.30. The number of carbonyl (C=O) groups is 1. The maximum atomic E-state index is 13.0. The van der Waals surface area contributed by atoms with Gasteiger partial charge in [-0.25, -0.2) is 9.18 Å². The number of hydrogen-bond acceptors (Lipinski definition) is 6. The molecular weight excluding hydrogens is 385 g/mol. The van der Waals surface area contributed by atoms with Gasteiger partial charge in [-0.2, -0.15) is 10.2 Å². The third-order valence-electron chi connectivity index (χ3n) is 4.38. The van der Waals surface area contributed by atoms with E-state index in [1.54, 1.807) is 48.5 Å². The summed E-state index contributed by atoms with van der Waals surface area (Å²) in [6.07, 6.45) is 0. The highest BCUT2D eigenvalue weighted by molar-refractivity contribution is 5.98. The van der Waals surface area contributed by atoms with E-state index < -0.39 is 5.97 Å². The molecule has 0 N–H and O–H groups in total. The van der Waals surface area contributed by atoms with Gasteiger partial charge in [-0.3, -0.25) is 0 Å². The molecule has 0 aliphatic heterocycles. The van der Waals surface area contributed by atoms with Gasteiger partial charge in [0.25, 0.3) is 5.89 Å². The molecule has 0 spiro atoms. The summed E-state index contributed by atoms with van der Waals surface area (Å²) in [7, 11) is 0. The molecule has 0 atom stereocenters. The highest BCUT2D eigenvalue weighted by Gasteiger charge is 2.17. The fraction of sp³-hybridized carbons (Fsp3) is 0.0435. The standard InChI is InChI=1S/C23H14FN3O3/c24-17-11-9-15(10-12-17)22-26-21(27-30-22)14-29-23(28)20-8-4-3-7-19(20)18-6-2-1-5-16(18)13-25/h1-12H,14H2. The number of carbonyl (C=O) groups excluding carboxylic acids is 1. The maximum Gasteiger partial charge on any atom is 0.339 e. The van der Waals surface area contributed by atoms with Gasteiger partial charge in [-0.05, 0) is 42.0 Å². The predicted octanol–water partition coefficient (Wildman–Crippen LogP) is 4.77. The van der Waals surface area contributed by atoms with Crippen molar-refractivity contribution in [2.75, 3.05) is 0 Å². The molecule has 0 saturated heterocycles. The number of halogens is 1. The van der Waals surface area contributed by atoms with Crippen LogP contribution in [0.5, 0.6) is 0 Å². The minimum absolute atomic E-state index is 0.178. The number of aromatic nitrogens is 2. The molecule has 0 bridgehead atoms. The van der Waals surface area contributed by atoms with Crippen molar-refractivity contribution in [1.29, 1.82) is 5.26 Å². The van der Waals surface area contributed by atoms with E-state index in [4.69, 9.17) is 9.26 Å². The molecule has 0 fully saturated rings. The lowest BCUT2D eigenvalue weighted by Gasteiger charge is -2.10. The molecule has 0 aliphatic carbocycles. The quantitative estimate of drug-likeness (QED) is 0.449. The molecular formula is C23H14FN3O3. The normalized spacial score (nSPS) is 10.4. The summed E-state index contributed by atoms with van der Waals surface area (Å²) in [5.41, 5.74) is 2.58. The monoisotopic (exact) mass is 399 g/mol. The summed E-state index contributed by atoms with van der Waals surface area (Å²) < 4.78 is 23.5. The Hall–Kier alpha value is -4.31. The number of nitriles is 1. The summed E-state index contributed by atoms with van der Waals surface area (Å²) in [5, 5.41) is 13.1. The van der Waals surface area contributed by atoms with Gasteiger partial charge in [0.2, 0.25) is 5.82 Å². The Bertz CT molecular complexity index is 1240. The first-order valence-electron chi connectivity index (χ1n) is 9.00. The fourth-order valence-electron chi connectivity index (χ4n) is 2.94. The summed E-state index contributed by atoms with van der Waals surface area (Å²) in [6, 6.07) is 21.7. The van der Waals surface area contributed by atoms with Crippen molar-refractivity contribution in [3.05, 3.63) is 95.6 Å². The lowest BCUT2D eigenvalue weighted by atomic mass is 9.96. The molecule has 1 heterocycles. The van der Waals surface area contributed by atoms with Crippen molar-refractivity contribution in [3.8, 4) is 28.7 Å². The molecule has 4 rings (SSSR count). The van der Waals surface area contributed by atoms with Crippen molar-refractivity contribution in [1.82, 2.24) is 10.1 Å². The van der Waals surface area contributed by atoms with E-state index in [2.05, 4.69) is 16.2 Å². The second kappa shape index (κ2) is 8.37. The van der Waals surface area contributed by atoms with Gasteiger partial charge in [0.1, 0.15) is 5.82 Å². The predicted molar refractivity (Wildman–Crippen MR) is 105 cm³/mol. The van der Waals surface area contributed by atoms with Gasteiger partial charge in [-0.1, -0.05) is 41.6 Å². The Kier molecular flexibility index (Phi) is 5.31. The van der Waals surface area contributed by atoms with Crippen LogP contribution < -0.4 is 0 Å². The zero-order chi connectivity index (χ0) is 20.9. The van der Waals surface area contributed by atoms with E-state index in [-0.39, 0.29) is 24.1 Å². The van der Waals surface area contributed by atoms with Crippen molar-refractivity contribution in [2.45, 2.75) is 6.61 Å². The van der Waals surface area contributed by atoms with Crippen LogP contribution >= 0.6 is 0 Å². The van der Waals surface area contributed by atoms with Crippen LogP contribution in [-0.4, -0.2) is 16.1 Å². The molecule has 6 nitrogen and oxygen atoms in total. The Morgan fingerprint density at radius 1 is 1.00 bits per heavy atom. The first kappa shape index (κ1) is 19.0. The first-order chi connectivity index (χ1) is 14.7. The van der Waals surface area contributed by atoms with Crippen LogP contribution in [0.4, 0.5) is 4.39 Å². The fourth-order valence-corrected chi connectivity index (χ4v) is 2.94. The van der Waals surface area contributed by atoms with Gasteiger partial charge in [0, 0.05) is 11.1 Å². The molecule has 0 unspecified atom stereocenters. The summed E-state index contributed by atoms with van der Waals surface area (Å²) in [6.45, 7) is -0.197. The Labute approximate surface area is 171 Å². The van der Waals surface area contributed by atoms with Gasteiger partial charge < -0.3 is 9.26 Å². The maximum absolute atomic E-state index is 13.0. The van der Waals surface area contributed by atoms with Crippen LogP contribution in [0.3, 0.4) is 0 Å². The lowest BCUT2D eigenvalue weighted by Crippen LogP contribution is -2.08. The van der Waals surface area contributed by atoms with Crippen LogP contribution in [0, 0.1) is 17.1 Å². The topological polar surface area (TPSA) is 89.0 Å². The number of nitrogens with zero attached hydrogens (tertiary/aromatic N) is 3. The zero-order valence-electron chi connectivity index (χ0n) is 15.6. The SMILES string of the molecule is N#Cc1ccccc1-c1ccccc1C(=O)OCc1noc(-c2ccc(F)cc2)n1. The molecule has 0 aliphatic rings. The van der Waals surface area contributed by atoms with E-state index >= 15 is 0 Å². The Morgan fingerprint density at radius 3 is 2.47 bits per heavy atom. The van der Waals surface area contributed by atoms with Gasteiger partial charge in [-0.15, -0.1) is 0 Å². The highest BCUT2D eigenvalue weighted by Crippen LogP contribution is 2.27. The average molecular weight is 399 g/mol. The molecule has 1 aromatic heterocycles. The Balaban J connectivity index is 1.52. The van der Waals surface area contributed by atoms with Crippen molar-refractivity contribution in [2.24, 2.45) is 0 Å². The van der Waals surface area contributed by atoms with E-state index in [0.717, 1.165) is 0 Å². The second-order valence-corrected chi connectivity index (χ2v) is 6.30. The smallest absolute Gasteiger partial charge is 0.339 e. The number of rotatable bonds is 5. The van der Waals surface area contributed by atoms with Gasteiger partial charge in [0.15, 0.2) is 6.61 Å². The van der Waals surface area contributed by atoms with E-state index in [1.807, 2.05) is 0 Å². The molecule has 7 heteroatoms. The molecule has 4 aromatic rings. The van der Waals surface area contributed by atoms with E-state index in [9.17, 15) is 14.4 Å². The van der Waals surface area contributed by atoms with E-state index in [1.165, 1.54) is 24.3 Å². The van der Waals surface area contributed by atoms with E-state index in [0.29, 0.717) is 27.8 Å². The largest absolute Gasteiger partial charge is 0.454 e. The molecule has 30 heavy (non-hydrogen) atoms. The summed E-state index contributed by atoms with van der Waals surface area (Å²) in [5.74, 6) is -0.572. The third kappa shape index (κ3) is 3.93. The average Bonchev–Trinajstić information content (AvgIpc) is 3.27. The van der Waals surface area contributed by atoms with Gasteiger partial charge >= 0.3 is 5.97 Å². The van der Waals surface area contributed by atoms with Crippen molar-refractivity contribution < 1.29 is 18.4 Å². The van der Waals surface area contributed by atoms with Crippen molar-refractivity contribution in [3.63, 3.8) is 0 Å². The molecule has 0 amide bonds. The third-order valence-corrected chi connectivity index (χ3v) is 4.38. The van der Waals surface area contributed by atoms with Gasteiger partial charge in [0.05, 0.1) is 17.2 Å². The molecule has 0 radical (unpaired) electrons. The summed E-state index contributed by atoms with van der Waals surface area (Å²) >= 11 is 0. The number of hydrogen-bond donors (Lipinski definition) is 0. The van der Waals surface area contributed by atoms with Crippen LogP contribution in [0.2, 0.25) is 0 Å². The Morgan fingerprint density at radius 2 is 1.70 bits per heavy atom. The van der Waals surface area contributed by atoms with Crippen LogP contribution in [0.25, 0.3) is 22.6 Å². The minimum atomic E-state index is -0.577. The summed E-state index contributed by atoms with van der Waals surface area (Å²) in [4.78, 5) is 16.9.